The van der Waals surface area contributed by atoms with Crippen LogP contribution in [0.5, 0.6) is 5.75 Å². The van der Waals surface area contributed by atoms with Gasteiger partial charge in [-0.05, 0) is 37.1 Å². The van der Waals surface area contributed by atoms with Crippen molar-refractivity contribution < 1.29 is 23.8 Å². The molecule has 1 saturated carbocycles. The molecular formula is C26H28N2O5S2. The third kappa shape index (κ3) is 3.80. The lowest BCUT2D eigenvalue weighted by Gasteiger charge is -2.41. The molecule has 2 fully saturated rings. The van der Waals surface area contributed by atoms with Gasteiger partial charge in [-0.2, -0.15) is 0 Å². The summed E-state index contributed by atoms with van der Waals surface area (Å²) in [6, 6.07) is 16.7. The van der Waals surface area contributed by atoms with Crippen LogP contribution >= 0.6 is 23.5 Å². The van der Waals surface area contributed by atoms with Gasteiger partial charge in [0.1, 0.15) is 9.83 Å². The molecule has 2 aliphatic heterocycles. The van der Waals surface area contributed by atoms with E-state index < -0.39 is 27.0 Å². The summed E-state index contributed by atoms with van der Waals surface area (Å²) in [5.74, 6) is -0.0988. The van der Waals surface area contributed by atoms with E-state index in [0.717, 1.165) is 42.0 Å². The molecule has 35 heavy (non-hydrogen) atoms. The number of benzene rings is 2. The van der Waals surface area contributed by atoms with E-state index in [9.17, 15) is 9.59 Å². The summed E-state index contributed by atoms with van der Waals surface area (Å²) in [6.45, 7) is 0. The smallest absolute Gasteiger partial charge is 0.339 e. The highest BCUT2D eigenvalue weighted by Crippen LogP contribution is 2.67. The molecular weight excluding hydrogens is 484 g/mol. The first-order chi connectivity index (χ1) is 17.0. The number of hydrogen-bond acceptors (Lipinski definition) is 9. The average Bonchev–Trinajstić information content (AvgIpc) is 3.61. The molecule has 1 saturated heterocycles. The van der Waals surface area contributed by atoms with E-state index in [4.69, 9.17) is 19.2 Å². The van der Waals surface area contributed by atoms with Crippen LogP contribution in [0.4, 0.5) is 5.69 Å². The molecule has 2 aromatic carbocycles. The molecule has 3 unspecified atom stereocenters. The number of rotatable bonds is 5. The van der Waals surface area contributed by atoms with Gasteiger partial charge < -0.3 is 19.1 Å². The van der Waals surface area contributed by atoms with E-state index in [0.29, 0.717) is 5.75 Å². The van der Waals surface area contributed by atoms with Gasteiger partial charge in [0.15, 0.2) is 11.4 Å². The maximum Gasteiger partial charge on any atom is 0.339 e. The van der Waals surface area contributed by atoms with Crippen molar-refractivity contribution >= 4 is 46.2 Å². The van der Waals surface area contributed by atoms with Crippen molar-refractivity contribution in [1.29, 1.82) is 0 Å². The van der Waals surface area contributed by atoms with Crippen LogP contribution in [0.2, 0.25) is 0 Å². The van der Waals surface area contributed by atoms with Gasteiger partial charge in [0.2, 0.25) is 0 Å². The minimum absolute atomic E-state index is 0.386. The number of thioether (sulfide) groups is 2. The first-order valence-electron chi connectivity index (χ1n) is 11.6. The molecule has 2 heterocycles. The summed E-state index contributed by atoms with van der Waals surface area (Å²) in [7, 11) is 4.39. The fourth-order valence-corrected chi connectivity index (χ4v) is 9.30. The standard InChI is InChI=1S/C26H28N2O5S2/c1-31-19-13-11-18(12-14-19)28-20(23(29)32-2)26(35-22(28)24(30)33-3)25(15-7-8-16-25)27-21(34-26)17-9-5-4-6-10-17/h4-6,9-14,20,22H,7-8,15-16H2,1-3H3. The number of ether oxygens (including phenoxy) is 3. The van der Waals surface area contributed by atoms with E-state index in [1.165, 1.54) is 26.0 Å². The van der Waals surface area contributed by atoms with Crippen LogP contribution in [0, 0.1) is 0 Å². The van der Waals surface area contributed by atoms with E-state index in [1.54, 1.807) is 18.9 Å². The van der Waals surface area contributed by atoms with Gasteiger partial charge >= 0.3 is 11.9 Å². The SMILES string of the molecule is COC(=O)C1SC2(SC(c3ccccc3)=NC23CCCC3)C(C(=O)OC)N1c1ccc(OC)cc1. The predicted octanol–water partition coefficient (Wildman–Crippen LogP) is 4.49. The second kappa shape index (κ2) is 9.43. The molecule has 0 aromatic heterocycles. The number of esters is 2. The van der Waals surface area contributed by atoms with Crippen LogP contribution in [0.25, 0.3) is 0 Å². The Morgan fingerprint density at radius 2 is 1.60 bits per heavy atom. The molecule has 184 valence electrons. The quantitative estimate of drug-likeness (QED) is 0.543. The highest BCUT2D eigenvalue weighted by molar-refractivity contribution is 8.27. The van der Waals surface area contributed by atoms with Crippen molar-refractivity contribution in [2.45, 2.75) is 46.7 Å². The van der Waals surface area contributed by atoms with Gasteiger partial charge in [-0.25, -0.2) is 9.59 Å². The normalized spacial score (nSPS) is 26.7. The van der Waals surface area contributed by atoms with Gasteiger partial charge in [-0.1, -0.05) is 54.9 Å². The highest BCUT2D eigenvalue weighted by Gasteiger charge is 2.71. The molecule has 7 nitrogen and oxygen atoms in total. The molecule has 2 aromatic rings. The Balaban J connectivity index is 1.68. The topological polar surface area (TPSA) is 77.4 Å². The first-order valence-corrected chi connectivity index (χ1v) is 13.3. The average molecular weight is 513 g/mol. The van der Waals surface area contributed by atoms with Crippen molar-refractivity contribution in [2.75, 3.05) is 26.2 Å². The summed E-state index contributed by atoms with van der Waals surface area (Å²) >= 11 is 3.08. The third-order valence-electron chi connectivity index (χ3n) is 7.04. The first kappa shape index (κ1) is 24.1. The van der Waals surface area contributed by atoms with Gasteiger partial charge in [-0.3, -0.25) is 4.99 Å². The fourth-order valence-electron chi connectivity index (χ4n) is 5.39. The maximum atomic E-state index is 13.6. The monoisotopic (exact) mass is 512 g/mol. The van der Waals surface area contributed by atoms with Crippen molar-refractivity contribution in [3.05, 3.63) is 60.2 Å². The number of aliphatic imine (C=N–C) groups is 1. The molecule has 3 aliphatic rings. The maximum absolute atomic E-state index is 13.6. The molecule has 0 N–H and O–H groups in total. The molecule has 5 rings (SSSR count). The van der Waals surface area contributed by atoms with Crippen molar-refractivity contribution in [1.82, 2.24) is 0 Å². The van der Waals surface area contributed by atoms with Crippen molar-refractivity contribution in [2.24, 2.45) is 4.99 Å². The summed E-state index contributed by atoms with van der Waals surface area (Å²) in [5, 5.41) is 0.168. The highest BCUT2D eigenvalue weighted by atomic mass is 32.2. The molecule has 1 aliphatic carbocycles. The second-order valence-corrected chi connectivity index (χ2v) is 11.6. The predicted molar refractivity (Wildman–Crippen MR) is 139 cm³/mol. The molecule has 0 amide bonds. The Morgan fingerprint density at radius 1 is 0.943 bits per heavy atom. The van der Waals surface area contributed by atoms with Gasteiger partial charge in [0.25, 0.3) is 0 Å². The Hall–Kier alpha value is -2.65. The number of nitrogens with zero attached hydrogens (tertiary/aromatic N) is 2. The minimum Gasteiger partial charge on any atom is -0.497 e. The number of anilines is 1. The lowest BCUT2D eigenvalue weighted by molar-refractivity contribution is -0.143. The Bertz CT molecular complexity index is 1130. The zero-order chi connectivity index (χ0) is 24.6. The number of carbonyl (C=O) groups is 2. The van der Waals surface area contributed by atoms with E-state index in [2.05, 4.69) is 0 Å². The van der Waals surface area contributed by atoms with Crippen LogP contribution in [0.3, 0.4) is 0 Å². The molecule has 3 atom stereocenters. The number of methoxy groups -OCH3 is 3. The van der Waals surface area contributed by atoms with Crippen LogP contribution in [0.15, 0.2) is 59.6 Å². The number of hydrogen-bond donors (Lipinski definition) is 0. The Labute approximate surface area is 213 Å². The van der Waals surface area contributed by atoms with Crippen molar-refractivity contribution in [3.8, 4) is 5.75 Å². The minimum atomic E-state index is -0.749. The largest absolute Gasteiger partial charge is 0.497 e. The van der Waals surface area contributed by atoms with Crippen LogP contribution in [-0.4, -0.2) is 59.3 Å². The van der Waals surface area contributed by atoms with E-state index in [-0.39, 0.29) is 5.97 Å². The number of fused-ring (bicyclic) bond motifs is 1. The molecule has 0 radical (unpaired) electrons. The molecule has 9 heteroatoms. The van der Waals surface area contributed by atoms with E-state index >= 15 is 0 Å². The van der Waals surface area contributed by atoms with Gasteiger partial charge in [0, 0.05) is 11.3 Å². The molecule has 0 bridgehead atoms. The summed E-state index contributed by atoms with van der Waals surface area (Å²) in [6.07, 6.45) is 3.74. The molecule has 2 spiro atoms. The van der Waals surface area contributed by atoms with Gasteiger partial charge in [-0.15, -0.1) is 11.8 Å². The van der Waals surface area contributed by atoms with E-state index in [1.807, 2.05) is 59.5 Å². The zero-order valence-corrected chi connectivity index (χ0v) is 21.6. The summed E-state index contributed by atoms with van der Waals surface area (Å²) < 4.78 is 15.2. The Morgan fingerprint density at radius 3 is 2.20 bits per heavy atom. The lowest BCUT2D eigenvalue weighted by atomic mass is 9.87. The summed E-state index contributed by atoms with van der Waals surface area (Å²) in [5.41, 5.74) is 1.24. The zero-order valence-electron chi connectivity index (χ0n) is 19.9. The van der Waals surface area contributed by atoms with Crippen LogP contribution in [-0.2, 0) is 19.1 Å². The van der Waals surface area contributed by atoms with Crippen molar-refractivity contribution in [3.63, 3.8) is 0 Å². The number of carbonyl (C=O) groups excluding carboxylic acids is 2. The lowest BCUT2D eigenvalue weighted by Crippen LogP contribution is -2.58. The summed E-state index contributed by atoms with van der Waals surface area (Å²) in [4.78, 5) is 33.9. The van der Waals surface area contributed by atoms with Crippen LogP contribution in [0.1, 0.15) is 31.2 Å². The Kier molecular flexibility index (Phi) is 6.48. The fraction of sp³-hybridized carbons (Fsp3) is 0.423. The second-order valence-electron chi connectivity index (χ2n) is 8.82. The third-order valence-corrected chi connectivity index (χ3v) is 10.6. The van der Waals surface area contributed by atoms with Crippen LogP contribution < -0.4 is 9.64 Å². The van der Waals surface area contributed by atoms with Gasteiger partial charge in [0.05, 0.1) is 31.9 Å².